The van der Waals surface area contributed by atoms with E-state index in [2.05, 4.69) is 26.0 Å². The van der Waals surface area contributed by atoms with Crippen molar-refractivity contribution in [3.63, 3.8) is 0 Å². The average Bonchev–Trinajstić information content (AvgIpc) is 3.13. The normalized spacial score (nSPS) is 19.0. The number of hydrogen-bond acceptors (Lipinski definition) is 8. The van der Waals surface area contributed by atoms with E-state index in [9.17, 15) is 10.1 Å². The lowest BCUT2D eigenvalue weighted by molar-refractivity contribution is -0.384. The zero-order chi connectivity index (χ0) is 21.1. The van der Waals surface area contributed by atoms with Crippen LogP contribution in [0.15, 0.2) is 29.8 Å². The van der Waals surface area contributed by atoms with Gasteiger partial charge in [0.25, 0.3) is 0 Å². The maximum atomic E-state index is 11.4. The monoisotopic (exact) mass is 446 g/mol. The molecule has 10 heteroatoms. The first-order valence-electron chi connectivity index (χ1n) is 9.90. The zero-order valence-corrected chi connectivity index (χ0v) is 17.9. The van der Waals surface area contributed by atoms with Crippen molar-refractivity contribution < 1.29 is 4.92 Å². The molecule has 3 aromatic rings. The molecular formula is C20H23ClN6O2S. The number of thiophene rings is 1. The molecule has 0 amide bonds. The molecule has 4 N–H and O–H groups in total. The van der Waals surface area contributed by atoms with Crippen molar-refractivity contribution in [1.82, 2.24) is 9.97 Å². The van der Waals surface area contributed by atoms with Crippen molar-refractivity contribution in [3.05, 3.63) is 50.5 Å². The molecule has 4 rings (SSSR count). The summed E-state index contributed by atoms with van der Waals surface area (Å²) < 4.78 is 1.15. The van der Waals surface area contributed by atoms with Gasteiger partial charge in [-0.25, -0.2) is 4.98 Å². The van der Waals surface area contributed by atoms with Crippen LogP contribution in [0.25, 0.3) is 10.1 Å². The van der Waals surface area contributed by atoms with Gasteiger partial charge >= 0.3 is 5.69 Å². The van der Waals surface area contributed by atoms with Crippen molar-refractivity contribution in [2.75, 3.05) is 17.2 Å². The van der Waals surface area contributed by atoms with Crippen LogP contribution in [0.3, 0.4) is 0 Å². The number of nitrogens with one attached hydrogen (secondary N) is 2. The Morgan fingerprint density at radius 3 is 2.83 bits per heavy atom. The number of anilines is 2. The third-order valence-electron chi connectivity index (χ3n) is 5.47. The number of fused-ring (bicyclic) bond motifs is 1. The molecule has 0 spiro atoms. The largest absolute Gasteiger partial charge is 0.364 e. The Balaban J connectivity index is 1.46. The molecule has 0 bridgehead atoms. The van der Waals surface area contributed by atoms with E-state index in [4.69, 9.17) is 17.3 Å². The summed E-state index contributed by atoms with van der Waals surface area (Å²) in [6.07, 6.45) is 5.27. The Bertz CT molecular complexity index is 1050. The van der Waals surface area contributed by atoms with Gasteiger partial charge in [-0.1, -0.05) is 11.6 Å². The van der Waals surface area contributed by atoms with Crippen LogP contribution in [-0.2, 0) is 6.54 Å². The Hall–Kier alpha value is -2.49. The predicted octanol–water partition coefficient (Wildman–Crippen LogP) is 4.79. The number of aromatic nitrogens is 2. The van der Waals surface area contributed by atoms with E-state index >= 15 is 0 Å². The molecule has 158 valence electrons. The van der Waals surface area contributed by atoms with Gasteiger partial charge < -0.3 is 16.4 Å². The van der Waals surface area contributed by atoms with Gasteiger partial charge in [0.1, 0.15) is 6.20 Å². The number of nitrogens with two attached hydrogens (primary N) is 1. The molecule has 0 atom stereocenters. The SMILES string of the molecule is N[C@H]1CC[C@H](CNc2nc(NCc3csc4ccc(Cl)cc34)ncc2[N+](=O)[O-])CC1. The molecule has 0 saturated heterocycles. The fourth-order valence-electron chi connectivity index (χ4n) is 3.72. The van der Waals surface area contributed by atoms with Crippen LogP contribution in [-0.4, -0.2) is 27.5 Å². The third kappa shape index (κ3) is 4.80. The summed E-state index contributed by atoms with van der Waals surface area (Å²) in [5.74, 6) is 1.03. The topological polar surface area (TPSA) is 119 Å². The Labute approximate surface area is 183 Å². The second kappa shape index (κ2) is 9.11. The maximum Gasteiger partial charge on any atom is 0.329 e. The van der Waals surface area contributed by atoms with Crippen molar-refractivity contribution in [3.8, 4) is 0 Å². The van der Waals surface area contributed by atoms with Crippen molar-refractivity contribution in [2.24, 2.45) is 11.7 Å². The summed E-state index contributed by atoms with van der Waals surface area (Å²) in [6, 6.07) is 6.07. The van der Waals surface area contributed by atoms with Gasteiger partial charge in [-0.05, 0) is 66.1 Å². The van der Waals surface area contributed by atoms with Gasteiger partial charge in [0.2, 0.25) is 11.8 Å². The maximum absolute atomic E-state index is 11.4. The Morgan fingerprint density at radius 2 is 2.07 bits per heavy atom. The molecule has 0 radical (unpaired) electrons. The number of nitrogens with zero attached hydrogens (tertiary/aromatic N) is 3. The Morgan fingerprint density at radius 1 is 1.27 bits per heavy atom. The van der Waals surface area contributed by atoms with Crippen LogP contribution in [0, 0.1) is 16.0 Å². The van der Waals surface area contributed by atoms with Gasteiger partial charge in [-0.3, -0.25) is 10.1 Å². The average molecular weight is 447 g/mol. The Kier molecular flexibility index (Phi) is 6.31. The van der Waals surface area contributed by atoms with Crippen LogP contribution >= 0.6 is 22.9 Å². The van der Waals surface area contributed by atoms with Crippen LogP contribution < -0.4 is 16.4 Å². The predicted molar refractivity (Wildman–Crippen MR) is 121 cm³/mol. The number of nitro groups is 1. The number of benzene rings is 1. The summed E-state index contributed by atoms with van der Waals surface area (Å²) in [4.78, 5) is 19.4. The van der Waals surface area contributed by atoms with E-state index in [1.54, 1.807) is 11.3 Å². The lowest BCUT2D eigenvalue weighted by Crippen LogP contribution is -2.29. The van der Waals surface area contributed by atoms with Gasteiger partial charge in [0, 0.05) is 28.9 Å². The molecule has 1 aliphatic carbocycles. The van der Waals surface area contributed by atoms with E-state index < -0.39 is 4.92 Å². The highest BCUT2D eigenvalue weighted by atomic mass is 35.5. The summed E-state index contributed by atoms with van der Waals surface area (Å²) in [5, 5.41) is 21.5. The zero-order valence-electron chi connectivity index (χ0n) is 16.3. The van der Waals surface area contributed by atoms with Crippen LogP contribution in [0.5, 0.6) is 0 Å². The highest BCUT2D eigenvalue weighted by Gasteiger charge is 2.22. The number of rotatable bonds is 7. The molecule has 2 heterocycles. The standard InChI is InChI=1S/C20H23ClN6O2S/c21-14-3-6-18-16(7-14)13(11-30-18)9-24-20-25-10-17(27(28)29)19(26-20)23-8-12-1-4-15(22)5-2-12/h3,6-7,10-12,15H,1-2,4-5,8-9,22H2,(H2,23,24,25,26)/t12-,15-. The van der Waals surface area contributed by atoms with E-state index in [1.807, 2.05) is 18.2 Å². The van der Waals surface area contributed by atoms with E-state index in [0.717, 1.165) is 41.3 Å². The molecule has 1 aliphatic rings. The van der Waals surface area contributed by atoms with E-state index in [1.165, 1.54) is 6.20 Å². The van der Waals surface area contributed by atoms with Gasteiger partial charge in [0.05, 0.1) is 4.92 Å². The summed E-state index contributed by atoms with van der Waals surface area (Å²) >= 11 is 7.76. The van der Waals surface area contributed by atoms with Crippen LogP contribution in [0.4, 0.5) is 17.5 Å². The smallest absolute Gasteiger partial charge is 0.329 e. The first kappa shape index (κ1) is 20.8. The highest BCUT2D eigenvalue weighted by Crippen LogP contribution is 2.30. The minimum atomic E-state index is -0.461. The lowest BCUT2D eigenvalue weighted by atomic mass is 9.86. The second-order valence-electron chi connectivity index (χ2n) is 7.60. The molecule has 8 nitrogen and oxygen atoms in total. The van der Waals surface area contributed by atoms with Gasteiger partial charge in [-0.2, -0.15) is 4.98 Å². The molecule has 0 aliphatic heterocycles. The van der Waals surface area contributed by atoms with Crippen LogP contribution in [0.1, 0.15) is 31.2 Å². The first-order chi connectivity index (χ1) is 14.5. The minimum absolute atomic E-state index is 0.124. The molecule has 30 heavy (non-hydrogen) atoms. The summed E-state index contributed by atoms with van der Waals surface area (Å²) in [5.41, 5.74) is 6.91. The molecule has 1 saturated carbocycles. The van der Waals surface area contributed by atoms with Crippen molar-refractivity contribution >= 4 is 50.5 Å². The van der Waals surface area contributed by atoms with Gasteiger partial charge in [-0.15, -0.1) is 11.3 Å². The first-order valence-corrected chi connectivity index (χ1v) is 11.2. The molecule has 0 unspecified atom stereocenters. The van der Waals surface area contributed by atoms with Crippen molar-refractivity contribution in [1.29, 1.82) is 0 Å². The molecule has 1 aromatic carbocycles. The molecule has 1 fully saturated rings. The van der Waals surface area contributed by atoms with E-state index in [-0.39, 0.29) is 17.5 Å². The van der Waals surface area contributed by atoms with Gasteiger partial charge in [0.15, 0.2) is 0 Å². The quantitative estimate of drug-likeness (QED) is 0.352. The third-order valence-corrected chi connectivity index (χ3v) is 6.72. The van der Waals surface area contributed by atoms with E-state index in [0.29, 0.717) is 30.0 Å². The fraction of sp³-hybridized carbons (Fsp3) is 0.400. The second-order valence-corrected chi connectivity index (χ2v) is 8.95. The number of hydrogen-bond donors (Lipinski definition) is 3. The number of halogens is 1. The molecular weight excluding hydrogens is 424 g/mol. The fourth-order valence-corrected chi connectivity index (χ4v) is 4.84. The highest BCUT2D eigenvalue weighted by molar-refractivity contribution is 7.17. The summed E-state index contributed by atoms with van der Waals surface area (Å²) in [7, 11) is 0. The summed E-state index contributed by atoms with van der Waals surface area (Å²) in [6.45, 7) is 1.13. The lowest BCUT2D eigenvalue weighted by Gasteiger charge is -2.26. The minimum Gasteiger partial charge on any atom is -0.364 e. The van der Waals surface area contributed by atoms with Crippen LogP contribution in [0.2, 0.25) is 5.02 Å². The van der Waals surface area contributed by atoms with Crippen molar-refractivity contribution in [2.45, 2.75) is 38.3 Å². The molecule has 2 aromatic heterocycles.